The molecule has 6 heteroatoms. The van der Waals surface area contributed by atoms with Crippen LogP contribution in [-0.4, -0.2) is 43.5 Å². The number of aromatic nitrogens is 4. The monoisotopic (exact) mass is 397 g/mol. The SMILES string of the molecule is Cc1ccc(CC(=O)N2CCC(c3nc4ccc(-c5cccnc5)cn4n3)C2)cc1. The van der Waals surface area contributed by atoms with E-state index in [0.717, 1.165) is 41.1 Å². The first kappa shape index (κ1) is 18.5. The maximum Gasteiger partial charge on any atom is 0.227 e. The quantitative estimate of drug-likeness (QED) is 0.527. The molecular formula is C24H23N5O. The number of carbonyl (C=O) groups excluding carboxylic acids is 1. The number of pyridine rings is 2. The summed E-state index contributed by atoms with van der Waals surface area (Å²) in [7, 11) is 0. The molecule has 0 radical (unpaired) electrons. The summed E-state index contributed by atoms with van der Waals surface area (Å²) >= 11 is 0. The van der Waals surface area contributed by atoms with E-state index in [4.69, 9.17) is 10.1 Å². The number of hydrogen-bond acceptors (Lipinski definition) is 4. The Kier molecular flexibility index (Phi) is 4.75. The van der Waals surface area contributed by atoms with Gasteiger partial charge in [-0.2, -0.15) is 5.10 Å². The third-order valence-electron chi connectivity index (χ3n) is 5.72. The molecule has 1 fully saturated rings. The van der Waals surface area contributed by atoms with E-state index >= 15 is 0 Å². The third kappa shape index (κ3) is 3.68. The molecule has 0 saturated carbocycles. The Hall–Kier alpha value is -3.54. The van der Waals surface area contributed by atoms with Gasteiger partial charge >= 0.3 is 0 Å². The summed E-state index contributed by atoms with van der Waals surface area (Å²) in [6, 6.07) is 16.1. The third-order valence-corrected chi connectivity index (χ3v) is 5.72. The van der Waals surface area contributed by atoms with Gasteiger partial charge in [0, 0.05) is 48.7 Å². The van der Waals surface area contributed by atoms with E-state index in [-0.39, 0.29) is 11.8 Å². The van der Waals surface area contributed by atoms with Crippen molar-refractivity contribution in [2.45, 2.75) is 25.7 Å². The van der Waals surface area contributed by atoms with Gasteiger partial charge in [-0.3, -0.25) is 9.78 Å². The van der Waals surface area contributed by atoms with Gasteiger partial charge in [-0.05, 0) is 37.1 Å². The Morgan fingerprint density at radius 3 is 2.77 bits per heavy atom. The minimum Gasteiger partial charge on any atom is -0.342 e. The maximum atomic E-state index is 12.7. The molecule has 0 bridgehead atoms. The van der Waals surface area contributed by atoms with Gasteiger partial charge in [-0.1, -0.05) is 35.9 Å². The Balaban J connectivity index is 1.30. The highest BCUT2D eigenvalue weighted by atomic mass is 16.2. The molecule has 1 aromatic carbocycles. The van der Waals surface area contributed by atoms with E-state index < -0.39 is 0 Å². The van der Waals surface area contributed by atoms with Crippen LogP contribution in [0.15, 0.2) is 67.1 Å². The van der Waals surface area contributed by atoms with Crippen LogP contribution in [0.1, 0.15) is 29.3 Å². The van der Waals surface area contributed by atoms with Crippen molar-refractivity contribution >= 4 is 11.6 Å². The maximum absolute atomic E-state index is 12.7. The van der Waals surface area contributed by atoms with Gasteiger partial charge in [0.15, 0.2) is 11.5 Å². The zero-order chi connectivity index (χ0) is 20.5. The van der Waals surface area contributed by atoms with E-state index in [1.165, 1.54) is 5.56 Å². The number of likely N-dealkylation sites (tertiary alicyclic amines) is 1. The molecule has 3 aromatic heterocycles. The Morgan fingerprint density at radius 1 is 1.10 bits per heavy atom. The zero-order valence-corrected chi connectivity index (χ0v) is 16.9. The van der Waals surface area contributed by atoms with Crippen LogP contribution in [-0.2, 0) is 11.2 Å². The fraction of sp³-hybridized carbons (Fsp3) is 0.250. The molecule has 1 atom stereocenters. The molecule has 150 valence electrons. The average Bonchev–Trinajstić information content (AvgIpc) is 3.42. The number of rotatable bonds is 4. The largest absolute Gasteiger partial charge is 0.342 e. The Labute approximate surface area is 175 Å². The van der Waals surface area contributed by atoms with Crippen molar-refractivity contribution in [3.63, 3.8) is 0 Å². The van der Waals surface area contributed by atoms with Crippen molar-refractivity contribution in [3.8, 4) is 11.1 Å². The molecular weight excluding hydrogens is 374 g/mol. The smallest absolute Gasteiger partial charge is 0.227 e. The molecule has 1 unspecified atom stereocenters. The highest BCUT2D eigenvalue weighted by Gasteiger charge is 2.30. The first-order chi connectivity index (χ1) is 14.7. The molecule has 0 spiro atoms. The fourth-order valence-corrected chi connectivity index (χ4v) is 3.97. The number of benzene rings is 1. The van der Waals surface area contributed by atoms with Crippen molar-refractivity contribution in [1.29, 1.82) is 0 Å². The van der Waals surface area contributed by atoms with Crippen LogP contribution in [0.25, 0.3) is 16.8 Å². The molecule has 4 aromatic rings. The number of carbonyl (C=O) groups is 1. The Bertz CT molecular complexity index is 1180. The molecule has 6 nitrogen and oxygen atoms in total. The van der Waals surface area contributed by atoms with Crippen LogP contribution < -0.4 is 0 Å². The highest BCUT2D eigenvalue weighted by Crippen LogP contribution is 2.26. The summed E-state index contributed by atoms with van der Waals surface area (Å²) in [5, 5.41) is 4.72. The summed E-state index contributed by atoms with van der Waals surface area (Å²) < 4.78 is 1.83. The topological polar surface area (TPSA) is 63.4 Å². The number of nitrogens with zero attached hydrogens (tertiary/aromatic N) is 5. The van der Waals surface area contributed by atoms with Gasteiger partial charge in [0.05, 0.1) is 6.42 Å². The second-order valence-corrected chi connectivity index (χ2v) is 7.92. The van der Waals surface area contributed by atoms with Gasteiger partial charge in [0.25, 0.3) is 0 Å². The lowest BCUT2D eigenvalue weighted by molar-refractivity contribution is -0.129. The van der Waals surface area contributed by atoms with Gasteiger partial charge in [0.1, 0.15) is 0 Å². The van der Waals surface area contributed by atoms with E-state index in [0.29, 0.717) is 13.0 Å². The average molecular weight is 397 g/mol. The molecule has 30 heavy (non-hydrogen) atoms. The fourth-order valence-electron chi connectivity index (χ4n) is 3.97. The van der Waals surface area contributed by atoms with Gasteiger partial charge in [-0.25, -0.2) is 9.50 Å². The van der Waals surface area contributed by atoms with Crippen molar-refractivity contribution in [3.05, 3.63) is 84.1 Å². The van der Waals surface area contributed by atoms with E-state index in [9.17, 15) is 4.79 Å². The van der Waals surface area contributed by atoms with Crippen LogP contribution in [0.3, 0.4) is 0 Å². The summed E-state index contributed by atoms with van der Waals surface area (Å²) in [5.74, 6) is 1.15. The molecule has 4 heterocycles. The summed E-state index contributed by atoms with van der Waals surface area (Å²) in [6.07, 6.45) is 6.93. The van der Waals surface area contributed by atoms with Gasteiger partial charge in [0.2, 0.25) is 5.91 Å². The summed E-state index contributed by atoms with van der Waals surface area (Å²) in [4.78, 5) is 23.6. The molecule has 0 N–H and O–H groups in total. The lowest BCUT2D eigenvalue weighted by Gasteiger charge is -2.16. The van der Waals surface area contributed by atoms with Crippen LogP contribution in [0, 0.1) is 6.92 Å². The van der Waals surface area contributed by atoms with Crippen LogP contribution >= 0.6 is 0 Å². The lowest BCUT2D eigenvalue weighted by atomic mass is 10.1. The molecule has 1 aliphatic heterocycles. The summed E-state index contributed by atoms with van der Waals surface area (Å²) in [6.45, 7) is 3.49. The van der Waals surface area contributed by atoms with E-state index in [1.54, 1.807) is 6.20 Å². The van der Waals surface area contributed by atoms with Gasteiger partial charge in [-0.15, -0.1) is 0 Å². The van der Waals surface area contributed by atoms with Gasteiger partial charge < -0.3 is 4.90 Å². The van der Waals surface area contributed by atoms with Crippen LogP contribution in [0.2, 0.25) is 0 Å². The van der Waals surface area contributed by atoms with Crippen molar-refractivity contribution in [1.82, 2.24) is 24.5 Å². The minimum atomic E-state index is 0.170. The molecule has 0 aliphatic carbocycles. The standard InChI is InChI=1S/C24H23N5O/c1-17-4-6-18(7-5-17)13-23(30)28-12-10-21(15-28)24-26-22-9-8-20(16-29(22)27-24)19-3-2-11-25-14-19/h2-9,11,14,16,21H,10,12-13,15H2,1H3. The van der Waals surface area contributed by atoms with Crippen LogP contribution in [0.4, 0.5) is 0 Å². The predicted molar refractivity (Wildman–Crippen MR) is 115 cm³/mol. The number of hydrogen-bond donors (Lipinski definition) is 0. The van der Waals surface area contributed by atoms with Crippen molar-refractivity contribution in [2.75, 3.05) is 13.1 Å². The summed E-state index contributed by atoms with van der Waals surface area (Å²) in [5.41, 5.74) is 5.18. The normalized spacial score (nSPS) is 16.3. The molecule has 1 aliphatic rings. The number of amides is 1. The van der Waals surface area contributed by atoms with E-state index in [1.807, 2.05) is 58.2 Å². The lowest BCUT2D eigenvalue weighted by Crippen LogP contribution is -2.30. The predicted octanol–water partition coefficient (Wildman–Crippen LogP) is 3.66. The van der Waals surface area contributed by atoms with Crippen LogP contribution in [0.5, 0.6) is 0 Å². The second kappa shape index (κ2) is 7.71. The van der Waals surface area contributed by atoms with E-state index in [2.05, 4.69) is 24.0 Å². The highest BCUT2D eigenvalue weighted by molar-refractivity contribution is 5.79. The zero-order valence-electron chi connectivity index (χ0n) is 16.9. The van der Waals surface area contributed by atoms with Crippen molar-refractivity contribution in [2.24, 2.45) is 0 Å². The first-order valence-corrected chi connectivity index (χ1v) is 10.3. The molecule has 1 saturated heterocycles. The second-order valence-electron chi connectivity index (χ2n) is 7.92. The number of aryl methyl sites for hydroxylation is 1. The van der Waals surface area contributed by atoms with Crippen molar-refractivity contribution < 1.29 is 4.79 Å². The Morgan fingerprint density at radius 2 is 1.97 bits per heavy atom. The molecule has 1 amide bonds. The molecule has 5 rings (SSSR count). The first-order valence-electron chi connectivity index (χ1n) is 10.3. The number of fused-ring (bicyclic) bond motifs is 1. The minimum absolute atomic E-state index is 0.170.